The van der Waals surface area contributed by atoms with Crippen molar-refractivity contribution in [3.8, 4) is 0 Å². The number of benzene rings is 3. The van der Waals surface area contributed by atoms with E-state index in [1.165, 1.54) is 52.4 Å². The highest BCUT2D eigenvalue weighted by Gasteiger charge is 2.27. The number of rotatable bonds is 10. The largest absolute Gasteiger partial charge is 0.550 e. The molecule has 3 aromatic carbocycles. The first kappa shape index (κ1) is 24.7. The van der Waals surface area contributed by atoms with Crippen LogP contribution in [-0.4, -0.2) is 5.97 Å². The smallest absolute Gasteiger partial charge is 0.166 e. The molecule has 2 nitrogen and oxygen atoms in total. The number of hydrogen-bond donors (Lipinski definition) is 0. The Balaban J connectivity index is 0.000000501. The third kappa shape index (κ3) is 9.02. The maximum atomic E-state index is 9.49. The summed E-state index contributed by atoms with van der Waals surface area (Å²) >= 11 is 0. The Morgan fingerprint density at radius 3 is 1.61 bits per heavy atom. The quantitative estimate of drug-likeness (QED) is 0.272. The summed E-state index contributed by atoms with van der Waals surface area (Å²) in [6.07, 6.45) is 7.35. The summed E-state index contributed by atoms with van der Waals surface area (Å²) < 4.78 is 0. The Labute approximate surface area is 190 Å². The Bertz CT molecular complexity index is 821. The Hall–Kier alpha value is -2.52. The standard InChI is InChI=1S/C24H27S.C4H8O2/c1-2-3-4-7-12-21-17-19-24(20-18-21)25(22-13-8-5-9-14-22)23-15-10-6-11-16-23;1-2-3-4(5)6/h5-6,8-11,13-20H,2-4,7,12H2,1H3;2-3H2,1H3,(H,5,6)/q+1;/p-1. The average molecular weight is 435 g/mol. The summed E-state index contributed by atoms with van der Waals surface area (Å²) in [6.45, 7) is 4.07. The molecule has 0 aliphatic heterocycles. The molecule has 0 fully saturated rings. The van der Waals surface area contributed by atoms with Crippen LogP contribution in [0.4, 0.5) is 0 Å². The summed E-state index contributed by atoms with van der Waals surface area (Å²) in [5.41, 5.74) is 1.46. The number of unbranched alkanes of at least 4 members (excludes halogenated alkanes) is 3. The van der Waals surface area contributed by atoms with Crippen molar-refractivity contribution in [3.63, 3.8) is 0 Å². The molecule has 0 aliphatic rings. The number of carbonyl (C=O) groups excluding carboxylic acids is 1. The van der Waals surface area contributed by atoms with Crippen LogP contribution in [0, 0.1) is 0 Å². The number of carbonyl (C=O) groups is 1. The maximum absolute atomic E-state index is 9.49. The van der Waals surface area contributed by atoms with E-state index in [9.17, 15) is 9.90 Å². The monoisotopic (exact) mass is 434 g/mol. The number of aryl methyl sites for hydroxylation is 1. The second-order valence-corrected chi connectivity index (χ2v) is 9.54. The van der Waals surface area contributed by atoms with E-state index in [4.69, 9.17) is 0 Å². The van der Waals surface area contributed by atoms with Gasteiger partial charge < -0.3 is 9.90 Å². The van der Waals surface area contributed by atoms with Crippen LogP contribution in [-0.2, 0) is 22.1 Å². The van der Waals surface area contributed by atoms with E-state index in [2.05, 4.69) is 91.9 Å². The van der Waals surface area contributed by atoms with Crippen LogP contribution in [0.2, 0.25) is 0 Å². The minimum absolute atomic E-state index is 0.0317. The van der Waals surface area contributed by atoms with Crippen molar-refractivity contribution in [3.05, 3.63) is 90.5 Å². The van der Waals surface area contributed by atoms with Crippen molar-refractivity contribution in [1.29, 1.82) is 0 Å². The zero-order valence-corrected chi connectivity index (χ0v) is 19.6. The zero-order valence-electron chi connectivity index (χ0n) is 18.8. The molecule has 3 heteroatoms. The van der Waals surface area contributed by atoms with E-state index < -0.39 is 5.97 Å². The van der Waals surface area contributed by atoms with E-state index in [0.717, 1.165) is 0 Å². The van der Waals surface area contributed by atoms with Crippen LogP contribution in [0.3, 0.4) is 0 Å². The van der Waals surface area contributed by atoms with Crippen molar-refractivity contribution in [2.75, 3.05) is 0 Å². The lowest BCUT2D eigenvalue weighted by molar-refractivity contribution is -0.305. The van der Waals surface area contributed by atoms with Gasteiger partial charge in [0, 0.05) is 5.97 Å². The van der Waals surface area contributed by atoms with Crippen molar-refractivity contribution in [2.45, 2.75) is 73.5 Å². The number of carboxylic acid groups (broad SMARTS) is 1. The van der Waals surface area contributed by atoms with Crippen molar-refractivity contribution in [2.24, 2.45) is 0 Å². The third-order valence-electron chi connectivity index (χ3n) is 4.89. The van der Waals surface area contributed by atoms with Gasteiger partial charge in [-0.25, -0.2) is 0 Å². The molecule has 0 radical (unpaired) electrons. The predicted octanol–water partition coefficient (Wildman–Crippen LogP) is 6.44. The Kier molecular flexibility index (Phi) is 11.6. The summed E-state index contributed by atoms with van der Waals surface area (Å²) in [4.78, 5) is 13.6. The van der Waals surface area contributed by atoms with Crippen molar-refractivity contribution in [1.82, 2.24) is 0 Å². The van der Waals surface area contributed by atoms with E-state index >= 15 is 0 Å². The van der Waals surface area contributed by atoms with Gasteiger partial charge in [0.25, 0.3) is 0 Å². The fraction of sp³-hybridized carbons (Fsp3) is 0.321. The number of carboxylic acids is 1. The summed E-state index contributed by atoms with van der Waals surface area (Å²) in [5.74, 6) is -0.961. The fourth-order valence-electron chi connectivity index (χ4n) is 3.27. The van der Waals surface area contributed by atoms with Gasteiger partial charge in [0.2, 0.25) is 0 Å². The molecule has 0 spiro atoms. The minimum Gasteiger partial charge on any atom is -0.550 e. The van der Waals surface area contributed by atoms with Gasteiger partial charge in [-0.3, -0.25) is 0 Å². The Morgan fingerprint density at radius 1 is 0.677 bits per heavy atom. The topological polar surface area (TPSA) is 40.1 Å². The highest BCUT2D eigenvalue weighted by Crippen LogP contribution is 2.31. The SMILES string of the molecule is CCCC(=O)[O-].CCCCCCc1ccc([S+](c2ccccc2)c2ccccc2)cc1. The first-order valence-electron chi connectivity index (χ1n) is 11.3. The van der Waals surface area contributed by atoms with E-state index in [0.29, 0.717) is 6.42 Å². The molecule has 31 heavy (non-hydrogen) atoms. The molecule has 164 valence electrons. The highest BCUT2D eigenvalue weighted by molar-refractivity contribution is 7.97. The van der Waals surface area contributed by atoms with Crippen LogP contribution in [0.5, 0.6) is 0 Å². The molecule has 0 aliphatic carbocycles. The first-order chi connectivity index (χ1) is 15.2. The predicted molar refractivity (Wildman–Crippen MR) is 129 cm³/mol. The molecule has 0 unspecified atom stereocenters. The molecule has 0 amide bonds. The van der Waals surface area contributed by atoms with Crippen molar-refractivity contribution < 1.29 is 9.90 Å². The van der Waals surface area contributed by atoms with Gasteiger partial charge in [0.05, 0.1) is 10.9 Å². The second kappa shape index (κ2) is 14.5. The van der Waals surface area contributed by atoms with Crippen LogP contribution < -0.4 is 5.11 Å². The second-order valence-electron chi connectivity index (χ2n) is 7.51. The van der Waals surface area contributed by atoms with Gasteiger partial charge in [0.15, 0.2) is 14.7 Å². The van der Waals surface area contributed by atoms with Crippen LogP contribution in [0.15, 0.2) is 99.6 Å². The van der Waals surface area contributed by atoms with E-state index in [-0.39, 0.29) is 17.3 Å². The molecular formula is C28H34O2S. The average Bonchev–Trinajstić information content (AvgIpc) is 2.80. The fourth-order valence-corrected chi connectivity index (χ4v) is 5.36. The lowest BCUT2D eigenvalue weighted by Crippen LogP contribution is -2.20. The molecule has 3 rings (SSSR count). The summed E-state index contributed by atoms with van der Waals surface area (Å²) in [7, 11) is -0.0317. The lowest BCUT2D eigenvalue weighted by atomic mass is 10.1. The summed E-state index contributed by atoms with van der Waals surface area (Å²) in [6, 6.07) is 31.0. The molecule has 3 aromatic rings. The Morgan fingerprint density at radius 2 is 1.19 bits per heavy atom. The molecule has 0 saturated carbocycles. The molecular weight excluding hydrogens is 400 g/mol. The molecule has 0 N–H and O–H groups in total. The van der Waals surface area contributed by atoms with Gasteiger partial charge in [-0.05, 0) is 61.2 Å². The van der Waals surface area contributed by atoms with Gasteiger partial charge in [-0.15, -0.1) is 0 Å². The summed E-state index contributed by atoms with van der Waals surface area (Å²) in [5, 5.41) is 9.49. The van der Waals surface area contributed by atoms with Gasteiger partial charge in [-0.1, -0.05) is 88.1 Å². The van der Waals surface area contributed by atoms with E-state index in [1.807, 2.05) is 0 Å². The maximum Gasteiger partial charge on any atom is 0.166 e. The van der Waals surface area contributed by atoms with Gasteiger partial charge in [0.1, 0.15) is 0 Å². The third-order valence-corrected chi connectivity index (χ3v) is 7.12. The minimum atomic E-state index is -0.961. The lowest BCUT2D eigenvalue weighted by Gasteiger charge is -2.08. The zero-order chi connectivity index (χ0) is 22.3. The van der Waals surface area contributed by atoms with Crippen LogP contribution in [0.25, 0.3) is 0 Å². The van der Waals surface area contributed by atoms with Gasteiger partial charge >= 0.3 is 0 Å². The van der Waals surface area contributed by atoms with E-state index in [1.54, 1.807) is 6.92 Å². The van der Waals surface area contributed by atoms with Crippen LogP contribution >= 0.6 is 0 Å². The highest BCUT2D eigenvalue weighted by atomic mass is 32.2. The molecule has 0 bridgehead atoms. The molecule has 0 saturated heterocycles. The van der Waals surface area contributed by atoms with Crippen molar-refractivity contribution >= 4 is 16.9 Å². The van der Waals surface area contributed by atoms with Gasteiger partial charge in [-0.2, -0.15) is 0 Å². The normalized spacial score (nSPS) is 10.4. The van der Waals surface area contributed by atoms with Crippen LogP contribution in [0.1, 0.15) is 57.9 Å². The molecule has 0 heterocycles. The first-order valence-corrected chi connectivity index (χ1v) is 12.5. The number of aliphatic carboxylic acids is 1. The molecule has 0 atom stereocenters. The molecule has 0 aromatic heterocycles. The number of hydrogen-bond acceptors (Lipinski definition) is 2.